The molecule has 0 aliphatic heterocycles. The molecule has 1 rings (SSSR count). The number of carbonyl (C=O) groups excluding carboxylic acids is 1. The molecule has 0 bridgehead atoms. The summed E-state index contributed by atoms with van der Waals surface area (Å²) in [6.45, 7) is 15.0. The van der Waals surface area contributed by atoms with E-state index in [2.05, 4.69) is 40.7 Å². The van der Waals surface area contributed by atoms with Crippen molar-refractivity contribution < 1.29 is 4.79 Å². The first kappa shape index (κ1) is 16.7. The molecule has 0 heterocycles. The highest BCUT2D eigenvalue weighted by atomic mass is 16.2. The summed E-state index contributed by atoms with van der Waals surface area (Å²) >= 11 is 0. The van der Waals surface area contributed by atoms with E-state index in [1.807, 2.05) is 33.0 Å². The van der Waals surface area contributed by atoms with Gasteiger partial charge in [0.05, 0.1) is 0 Å². The topological polar surface area (TPSA) is 20.3 Å². The largest absolute Gasteiger partial charge is 0.339 e. The fourth-order valence-corrected chi connectivity index (χ4v) is 1.98. The number of rotatable bonds is 3. The molecule has 20 heavy (non-hydrogen) atoms. The van der Waals surface area contributed by atoms with E-state index in [0.717, 1.165) is 5.56 Å². The highest BCUT2D eigenvalue weighted by Crippen LogP contribution is 2.28. The van der Waals surface area contributed by atoms with Crippen LogP contribution in [-0.2, 0) is 5.41 Å². The molecule has 0 atom stereocenters. The molecule has 2 heteroatoms. The molecule has 1 aromatic rings. The molecule has 2 nitrogen and oxygen atoms in total. The summed E-state index contributed by atoms with van der Waals surface area (Å²) in [4.78, 5) is 14.4. The first-order valence-corrected chi connectivity index (χ1v) is 7.46. The van der Waals surface area contributed by atoms with Gasteiger partial charge in [-0.2, -0.15) is 0 Å². The fraction of sp³-hybridized carbons (Fsp3) is 0.611. The lowest BCUT2D eigenvalue weighted by Gasteiger charge is -2.25. The van der Waals surface area contributed by atoms with E-state index in [1.54, 1.807) is 4.90 Å². The van der Waals surface area contributed by atoms with Gasteiger partial charge in [-0.15, -0.1) is 0 Å². The highest BCUT2D eigenvalue weighted by molar-refractivity contribution is 5.94. The summed E-state index contributed by atoms with van der Waals surface area (Å²) in [5, 5.41) is 0. The zero-order valence-electron chi connectivity index (χ0n) is 14.2. The van der Waals surface area contributed by atoms with E-state index in [4.69, 9.17) is 0 Å². The molecule has 0 unspecified atom stereocenters. The van der Waals surface area contributed by atoms with Gasteiger partial charge in [0.25, 0.3) is 5.91 Å². The van der Waals surface area contributed by atoms with Crippen LogP contribution in [0.2, 0.25) is 0 Å². The molecule has 0 spiro atoms. The van der Waals surface area contributed by atoms with Gasteiger partial charge >= 0.3 is 0 Å². The molecule has 0 radical (unpaired) electrons. The summed E-state index contributed by atoms with van der Waals surface area (Å²) in [5.41, 5.74) is 3.32. The number of benzene rings is 1. The molecule has 0 saturated heterocycles. The molecule has 0 saturated carbocycles. The van der Waals surface area contributed by atoms with E-state index in [0.29, 0.717) is 5.92 Å². The predicted molar refractivity (Wildman–Crippen MR) is 86.5 cm³/mol. The van der Waals surface area contributed by atoms with Crippen molar-refractivity contribution in [1.82, 2.24) is 4.90 Å². The van der Waals surface area contributed by atoms with Gasteiger partial charge in [0.2, 0.25) is 0 Å². The summed E-state index contributed by atoms with van der Waals surface area (Å²) in [6, 6.07) is 6.54. The van der Waals surface area contributed by atoms with E-state index in [9.17, 15) is 4.79 Å². The number of carbonyl (C=O) groups is 1. The maximum absolute atomic E-state index is 12.6. The SMILES string of the molecule is CC(C)c1cc(C(=O)N(C)C(C)C)cc(C(C)(C)C)c1. The van der Waals surface area contributed by atoms with Gasteiger partial charge in [-0.3, -0.25) is 4.79 Å². The van der Waals surface area contributed by atoms with Crippen LogP contribution in [0, 0.1) is 0 Å². The van der Waals surface area contributed by atoms with E-state index < -0.39 is 0 Å². The van der Waals surface area contributed by atoms with Crippen molar-refractivity contribution in [3.63, 3.8) is 0 Å². The van der Waals surface area contributed by atoms with Crippen LogP contribution in [-0.4, -0.2) is 23.9 Å². The van der Waals surface area contributed by atoms with Crippen molar-refractivity contribution in [2.45, 2.75) is 65.8 Å². The molecule has 0 N–H and O–H groups in total. The van der Waals surface area contributed by atoms with Crippen LogP contribution in [0.3, 0.4) is 0 Å². The van der Waals surface area contributed by atoms with Gasteiger partial charge in [-0.1, -0.05) is 40.7 Å². The lowest BCUT2D eigenvalue weighted by Crippen LogP contribution is -2.33. The zero-order chi connectivity index (χ0) is 15.7. The van der Waals surface area contributed by atoms with E-state index in [-0.39, 0.29) is 17.4 Å². The van der Waals surface area contributed by atoms with Crippen molar-refractivity contribution in [3.8, 4) is 0 Å². The minimum Gasteiger partial charge on any atom is -0.339 e. The van der Waals surface area contributed by atoms with Crippen molar-refractivity contribution in [2.24, 2.45) is 0 Å². The van der Waals surface area contributed by atoms with Gasteiger partial charge < -0.3 is 4.90 Å². The lowest BCUT2D eigenvalue weighted by molar-refractivity contribution is 0.0754. The number of hydrogen-bond donors (Lipinski definition) is 0. The Morgan fingerprint density at radius 2 is 1.60 bits per heavy atom. The molecule has 0 fully saturated rings. The number of hydrogen-bond acceptors (Lipinski definition) is 1. The molecule has 0 aliphatic rings. The normalized spacial score (nSPS) is 12.1. The molecule has 1 amide bonds. The molecule has 0 aliphatic carbocycles. The Morgan fingerprint density at radius 3 is 2.00 bits per heavy atom. The van der Waals surface area contributed by atoms with Crippen LogP contribution in [0.15, 0.2) is 18.2 Å². The van der Waals surface area contributed by atoms with Gasteiger partial charge in [0, 0.05) is 18.7 Å². The maximum atomic E-state index is 12.6. The Kier molecular flexibility index (Phi) is 5.01. The van der Waals surface area contributed by atoms with Crippen LogP contribution in [0.25, 0.3) is 0 Å². The second-order valence-corrected chi connectivity index (χ2v) is 7.26. The van der Waals surface area contributed by atoms with Crippen LogP contribution >= 0.6 is 0 Å². The fourth-order valence-electron chi connectivity index (χ4n) is 1.98. The summed E-state index contributed by atoms with van der Waals surface area (Å²) < 4.78 is 0. The van der Waals surface area contributed by atoms with Gasteiger partial charge in [-0.25, -0.2) is 0 Å². The lowest BCUT2D eigenvalue weighted by atomic mass is 9.83. The Labute approximate surface area is 124 Å². The summed E-state index contributed by atoms with van der Waals surface area (Å²) in [6.07, 6.45) is 0. The van der Waals surface area contributed by atoms with Crippen molar-refractivity contribution >= 4 is 5.91 Å². The second kappa shape index (κ2) is 5.99. The molecule has 0 aromatic heterocycles. The van der Waals surface area contributed by atoms with Crippen molar-refractivity contribution in [2.75, 3.05) is 7.05 Å². The van der Waals surface area contributed by atoms with E-state index in [1.165, 1.54) is 11.1 Å². The monoisotopic (exact) mass is 275 g/mol. The van der Waals surface area contributed by atoms with Gasteiger partial charge in [-0.05, 0) is 48.4 Å². The Hall–Kier alpha value is -1.31. The Balaban J connectivity index is 3.33. The third-order valence-electron chi connectivity index (χ3n) is 3.83. The summed E-state index contributed by atoms with van der Waals surface area (Å²) in [7, 11) is 1.87. The van der Waals surface area contributed by atoms with E-state index >= 15 is 0 Å². The minimum atomic E-state index is 0.0519. The van der Waals surface area contributed by atoms with Crippen LogP contribution < -0.4 is 0 Å². The average molecular weight is 275 g/mol. The van der Waals surface area contributed by atoms with Crippen LogP contribution in [0.4, 0.5) is 0 Å². The standard InChI is InChI=1S/C18H29NO/c1-12(2)14-9-15(17(20)19(8)13(3)4)11-16(10-14)18(5,6)7/h9-13H,1-8H3. The first-order valence-electron chi connectivity index (χ1n) is 7.46. The minimum absolute atomic E-state index is 0.0519. The Morgan fingerprint density at radius 1 is 1.05 bits per heavy atom. The second-order valence-electron chi connectivity index (χ2n) is 7.26. The van der Waals surface area contributed by atoms with Crippen LogP contribution in [0.5, 0.6) is 0 Å². The van der Waals surface area contributed by atoms with Crippen molar-refractivity contribution in [3.05, 3.63) is 34.9 Å². The first-order chi connectivity index (χ1) is 9.04. The average Bonchev–Trinajstić information content (AvgIpc) is 2.35. The zero-order valence-corrected chi connectivity index (χ0v) is 14.2. The summed E-state index contributed by atoms with van der Waals surface area (Å²) in [5.74, 6) is 0.529. The predicted octanol–water partition coefficient (Wildman–Crippen LogP) is 4.59. The third kappa shape index (κ3) is 3.84. The van der Waals surface area contributed by atoms with Crippen LogP contribution in [0.1, 0.15) is 75.9 Å². The third-order valence-corrected chi connectivity index (χ3v) is 3.83. The van der Waals surface area contributed by atoms with Gasteiger partial charge in [0.1, 0.15) is 0 Å². The molecular formula is C18H29NO. The smallest absolute Gasteiger partial charge is 0.253 e. The highest BCUT2D eigenvalue weighted by Gasteiger charge is 2.20. The Bertz CT molecular complexity index is 481. The number of amides is 1. The quantitative estimate of drug-likeness (QED) is 0.790. The number of nitrogens with zero attached hydrogens (tertiary/aromatic N) is 1. The van der Waals surface area contributed by atoms with Gasteiger partial charge in [0.15, 0.2) is 0 Å². The maximum Gasteiger partial charge on any atom is 0.253 e. The molecule has 112 valence electrons. The molecular weight excluding hydrogens is 246 g/mol. The van der Waals surface area contributed by atoms with Crippen molar-refractivity contribution in [1.29, 1.82) is 0 Å². The molecule has 1 aromatic carbocycles.